The van der Waals surface area contributed by atoms with Gasteiger partial charge in [0.15, 0.2) is 6.79 Å². The zero-order valence-electron chi connectivity index (χ0n) is 7.00. The maximum Gasteiger partial charge on any atom is 0.307 e. The van der Waals surface area contributed by atoms with Gasteiger partial charge in [0, 0.05) is 19.9 Å². The third-order valence-electron chi connectivity index (χ3n) is 1.16. The lowest BCUT2D eigenvalue weighted by Gasteiger charge is -2.01. The molecule has 0 radical (unpaired) electrons. The highest BCUT2D eigenvalue weighted by molar-refractivity contribution is 5.73. The van der Waals surface area contributed by atoms with Gasteiger partial charge in [0.1, 0.15) is 0 Å². The fourth-order valence-corrected chi connectivity index (χ4v) is 0.641. The fourth-order valence-electron chi connectivity index (χ4n) is 0.641. The molecule has 0 aliphatic rings. The van der Waals surface area contributed by atoms with E-state index in [0.717, 1.165) is 0 Å². The van der Waals surface area contributed by atoms with Crippen LogP contribution in [0.3, 0.4) is 0 Å². The van der Waals surface area contributed by atoms with Crippen LogP contribution in [-0.2, 0) is 14.3 Å². The van der Waals surface area contributed by atoms with E-state index in [9.17, 15) is 9.59 Å². The second-order valence-electron chi connectivity index (χ2n) is 2.23. The van der Waals surface area contributed by atoms with Gasteiger partial charge in [-0.3, -0.25) is 9.59 Å². The lowest BCUT2D eigenvalue weighted by Crippen LogP contribution is -2.21. The van der Waals surface area contributed by atoms with Gasteiger partial charge in [0.05, 0.1) is 0 Å². The quantitative estimate of drug-likeness (QED) is 0.332. The zero-order valence-corrected chi connectivity index (χ0v) is 7.00. The Balaban J connectivity index is 3.19. The van der Waals surface area contributed by atoms with Gasteiger partial charge in [-0.1, -0.05) is 0 Å². The minimum Gasteiger partial charge on any atom is -0.439 e. The van der Waals surface area contributed by atoms with Crippen molar-refractivity contribution < 1.29 is 19.4 Å². The molecule has 2 N–H and O–H groups in total. The molecule has 0 rings (SSSR count). The van der Waals surface area contributed by atoms with Crippen molar-refractivity contribution in [2.45, 2.75) is 19.8 Å². The number of esters is 1. The smallest absolute Gasteiger partial charge is 0.307 e. The molecule has 70 valence electrons. The highest BCUT2D eigenvalue weighted by Crippen LogP contribution is 1.90. The molecule has 1 amide bonds. The lowest BCUT2D eigenvalue weighted by atomic mass is 10.3. The second-order valence-corrected chi connectivity index (χ2v) is 2.23. The lowest BCUT2D eigenvalue weighted by molar-refractivity contribution is -0.151. The summed E-state index contributed by atoms with van der Waals surface area (Å²) in [7, 11) is 0. The highest BCUT2D eigenvalue weighted by atomic mass is 16.6. The van der Waals surface area contributed by atoms with Crippen molar-refractivity contribution in [3.63, 3.8) is 0 Å². The molecule has 0 fully saturated rings. The van der Waals surface area contributed by atoms with E-state index in [-0.39, 0.29) is 12.3 Å². The maximum atomic E-state index is 10.6. The van der Waals surface area contributed by atoms with Gasteiger partial charge in [0.25, 0.3) is 0 Å². The normalized spacial score (nSPS) is 9.17. The van der Waals surface area contributed by atoms with Crippen molar-refractivity contribution in [1.29, 1.82) is 0 Å². The minimum atomic E-state index is -0.584. The van der Waals surface area contributed by atoms with E-state index in [0.29, 0.717) is 13.0 Å². The first-order valence-corrected chi connectivity index (χ1v) is 3.67. The van der Waals surface area contributed by atoms with Crippen LogP contribution < -0.4 is 5.32 Å². The predicted molar refractivity (Wildman–Crippen MR) is 41.1 cm³/mol. The Morgan fingerprint density at radius 2 is 2.17 bits per heavy atom. The van der Waals surface area contributed by atoms with Crippen LogP contribution in [0.5, 0.6) is 0 Å². The van der Waals surface area contributed by atoms with Crippen molar-refractivity contribution in [3.05, 3.63) is 0 Å². The molecule has 12 heavy (non-hydrogen) atoms. The monoisotopic (exact) mass is 175 g/mol. The molecular weight excluding hydrogens is 162 g/mol. The van der Waals surface area contributed by atoms with E-state index < -0.39 is 12.8 Å². The van der Waals surface area contributed by atoms with Crippen LogP contribution in [0.15, 0.2) is 0 Å². The summed E-state index contributed by atoms with van der Waals surface area (Å²) in [5.74, 6) is -0.576. The van der Waals surface area contributed by atoms with E-state index >= 15 is 0 Å². The topological polar surface area (TPSA) is 75.6 Å². The van der Waals surface area contributed by atoms with E-state index in [1.165, 1.54) is 6.92 Å². The first kappa shape index (κ1) is 10.9. The number of carbonyl (C=O) groups is 2. The number of aliphatic hydroxyl groups excluding tert-OH is 1. The molecule has 5 heteroatoms. The van der Waals surface area contributed by atoms with Crippen molar-refractivity contribution in [1.82, 2.24) is 5.32 Å². The highest BCUT2D eigenvalue weighted by Gasteiger charge is 2.00. The molecular formula is C7H13NO4. The summed E-state index contributed by atoms with van der Waals surface area (Å²) < 4.78 is 4.25. The Hall–Kier alpha value is -1.10. The molecule has 0 aromatic rings. The number of amides is 1. The van der Waals surface area contributed by atoms with Gasteiger partial charge in [-0.25, -0.2) is 0 Å². The van der Waals surface area contributed by atoms with Crippen LogP contribution in [0.25, 0.3) is 0 Å². The fraction of sp³-hybridized carbons (Fsp3) is 0.714. The first-order chi connectivity index (χ1) is 5.66. The van der Waals surface area contributed by atoms with E-state index in [1.807, 2.05) is 0 Å². The van der Waals surface area contributed by atoms with E-state index in [2.05, 4.69) is 10.1 Å². The average molecular weight is 175 g/mol. The van der Waals surface area contributed by atoms with Crippen LogP contribution in [0.2, 0.25) is 0 Å². The molecule has 0 atom stereocenters. The minimum absolute atomic E-state index is 0.120. The molecule has 0 saturated heterocycles. The Bertz CT molecular complexity index is 157. The summed E-state index contributed by atoms with van der Waals surface area (Å²) in [4.78, 5) is 20.9. The maximum absolute atomic E-state index is 10.6. The molecule has 0 aromatic carbocycles. The Kier molecular flexibility index (Phi) is 6.00. The van der Waals surface area contributed by atoms with Gasteiger partial charge in [-0.15, -0.1) is 0 Å². The molecule has 5 nitrogen and oxygen atoms in total. The number of carbonyl (C=O) groups excluding carboxylic acids is 2. The summed E-state index contributed by atoms with van der Waals surface area (Å²) >= 11 is 0. The molecule has 0 saturated carbocycles. The van der Waals surface area contributed by atoms with Crippen LogP contribution in [0, 0.1) is 0 Å². The third-order valence-corrected chi connectivity index (χ3v) is 1.16. The summed E-state index contributed by atoms with van der Waals surface area (Å²) in [5, 5.41) is 10.7. The first-order valence-electron chi connectivity index (χ1n) is 3.67. The number of ether oxygens (including phenoxy) is 1. The number of hydrogen-bond acceptors (Lipinski definition) is 4. The predicted octanol–water partition coefficient (Wildman–Crippen LogP) is -0.604. The number of rotatable bonds is 5. The molecule has 0 spiro atoms. The Morgan fingerprint density at radius 1 is 1.50 bits per heavy atom. The Labute approximate surface area is 70.7 Å². The van der Waals surface area contributed by atoms with Crippen molar-refractivity contribution >= 4 is 11.9 Å². The SMILES string of the molecule is CC(=O)NCCCC(=O)OCO. The summed E-state index contributed by atoms with van der Waals surface area (Å²) in [6, 6.07) is 0. The molecule has 0 bridgehead atoms. The van der Waals surface area contributed by atoms with Crippen molar-refractivity contribution in [3.8, 4) is 0 Å². The number of aliphatic hydroxyl groups is 1. The van der Waals surface area contributed by atoms with E-state index in [4.69, 9.17) is 5.11 Å². The van der Waals surface area contributed by atoms with Crippen LogP contribution in [-0.4, -0.2) is 30.3 Å². The van der Waals surface area contributed by atoms with E-state index in [1.54, 1.807) is 0 Å². The van der Waals surface area contributed by atoms with Crippen molar-refractivity contribution in [2.75, 3.05) is 13.3 Å². The molecule has 0 heterocycles. The van der Waals surface area contributed by atoms with Gasteiger partial charge in [-0.2, -0.15) is 0 Å². The average Bonchev–Trinajstić information content (AvgIpc) is 1.98. The zero-order chi connectivity index (χ0) is 9.40. The number of nitrogens with one attached hydrogen (secondary N) is 1. The van der Waals surface area contributed by atoms with Gasteiger partial charge >= 0.3 is 5.97 Å². The van der Waals surface area contributed by atoms with Crippen LogP contribution >= 0.6 is 0 Å². The molecule has 0 aliphatic heterocycles. The summed E-state index contributed by atoms with van der Waals surface area (Å²) in [6.45, 7) is 1.28. The molecule has 0 aliphatic carbocycles. The standard InChI is InChI=1S/C7H13NO4/c1-6(10)8-4-2-3-7(11)12-5-9/h9H,2-5H2,1H3,(H,8,10). The third kappa shape index (κ3) is 7.01. The largest absolute Gasteiger partial charge is 0.439 e. The summed E-state index contributed by atoms with van der Waals surface area (Å²) in [5.41, 5.74) is 0. The van der Waals surface area contributed by atoms with Gasteiger partial charge < -0.3 is 15.2 Å². The van der Waals surface area contributed by atoms with Gasteiger partial charge in [-0.05, 0) is 6.42 Å². The second kappa shape index (κ2) is 6.60. The summed E-state index contributed by atoms with van der Waals surface area (Å²) in [6.07, 6.45) is 0.735. The van der Waals surface area contributed by atoms with Gasteiger partial charge in [0.2, 0.25) is 5.91 Å². The molecule has 0 aromatic heterocycles. The Morgan fingerprint density at radius 3 is 2.67 bits per heavy atom. The van der Waals surface area contributed by atoms with Crippen LogP contribution in [0.1, 0.15) is 19.8 Å². The molecule has 0 unspecified atom stereocenters. The van der Waals surface area contributed by atoms with Crippen molar-refractivity contribution in [2.24, 2.45) is 0 Å². The number of hydrogen-bond donors (Lipinski definition) is 2. The van der Waals surface area contributed by atoms with Crippen LogP contribution in [0.4, 0.5) is 0 Å².